The minimum atomic E-state index is -0.380. The van der Waals surface area contributed by atoms with Gasteiger partial charge in [0, 0.05) is 17.7 Å². The van der Waals surface area contributed by atoms with E-state index in [1.807, 2.05) is 0 Å². The normalized spacial score (nSPS) is 12.4. The molecular formula is C11H14FN5O. The molecule has 0 radical (unpaired) electrons. The standard InChI is InChI=1S/C11H14FN5O/c1-7(13)9-4-3-8(5-10(9)12)18-6-11-14-16-17(2)15-11/h3-5,7H,6,13H2,1-2H3/t7-/m1/s1. The van der Waals surface area contributed by atoms with Crippen LogP contribution in [-0.2, 0) is 13.7 Å². The lowest BCUT2D eigenvalue weighted by Crippen LogP contribution is -2.07. The van der Waals surface area contributed by atoms with Crippen molar-refractivity contribution in [2.75, 3.05) is 0 Å². The van der Waals surface area contributed by atoms with Crippen molar-refractivity contribution in [3.8, 4) is 5.75 Å². The third-order valence-electron chi connectivity index (χ3n) is 2.38. The van der Waals surface area contributed by atoms with E-state index in [9.17, 15) is 4.39 Å². The highest BCUT2D eigenvalue weighted by Crippen LogP contribution is 2.20. The maximum Gasteiger partial charge on any atom is 0.212 e. The molecule has 0 saturated carbocycles. The second kappa shape index (κ2) is 5.09. The summed E-state index contributed by atoms with van der Waals surface area (Å²) >= 11 is 0. The summed E-state index contributed by atoms with van der Waals surface area (Å²) < 4.78 is 19.0. The lowest BCUT2D eigenvalue weighted by Gasteiger charge is -2.09. The fourth-order valence-corrected chi connectivity index (χ4v) is 1.50. The van der Waals surface area contributed by atoms with Crippen LogP contribution in [0.25, 0.3) is 0 Å². The zero-order valence-corrected chi connectivity index (χ0v) is 10.2. The van der Waals surface area contributed by atoms with Crippen molar-refractivity contribution in [3.05, 3.63) is 35.4 Å². The van der Waals surface area contributed by atoms with Crippen LogP contribution in [0.3, 0.4) is 0 Å². The highest BCUT2D eigenvalue weighted by atomic mass is 19.1. The van der Waals surface area contributed by atoms with E-state index < -0.39 is 0 Å². The van der Waals surface area contributed by atoms with Crippen LogP contribution in [0, 0.1) is 5.82 Å². The Labute approximate surface area is 104 Å². The molecule has 18 heavy (non-hydrogen) atoms. The van der Waals surface area contributed by atoms with E-state index in [2.05, 4.69) is 15.4 Å². The van der Waals surface area contributed by atoms with Crippen LogP contribution in [-0.4, -0.2) is 20.2 Å². The molecule has 0 aliphatic heterocycles. The minimum absolute atomic E-state index is 0.144. The number of aryl methyl sites for hydroxylation is 1. The molecule has 0 aliphatic rings. The molecule has 0 amide bonds. The van der Waals surface area contributed by atoms with Crippen molar-refractivity contribution in [2.45, 2.75) is 19.6 Å². The highest BCUT2D eigenvalue weighted by molar-refractivity contribution is 5.30. The number of ether oxygens (including phenoxy) is 1. The quantitative estimate of drug-likeness (QED) is 0.875. The van der Waals surface area contributed by atoms with Gasteiger partial charge in [0.2, 0.25) is 5.82 Å². The molecule has 7 heteroatoms. The van der Waals surface area contributed by atoms with Gasteiger partial charge in [-0.25, -0.2) is 4.39 Å². The first kappa shape index (κ1) is 12.4. The SMILES string of the molecule is C[C@@H](N)c1ccc(OCc2nnn(C)n2)cc1F. The summed E-state index contributed by atoms with van der Waals surface area (Å²) in [4.78, 5) is 1.33. The topological polar surface area (TPSA) is 78.9 Å². The van der Waals surface area contributed by atoms with Gasteiger partial charge in [0.1, 0.15) is 11.6 Å². The summed E-state index contributed by atoms with van der Waals surface area (Å²) in [5.41, 5.74) is 6.08. The van der Waals surface area contributed by atoms with E-state index in [1.165, 1.54) is 10.9 Å². The molecule has 1 heterocycles. The molecule has 0 bridgehead atoms. The lowest BCUT2D eigenvalue weighted by atomic mass is 10.1. The Morgan fingerprint density at radius 2 is 2.28 bits per heavy atom. The van der Waals surface area contributed by atoms with Crippen LogP contribution in [0.2, 0.25) is 0 Å². The maximum absolute atomic E-state index is 13.6. The Hall–Kier alpha value is -2.02. The van der Waals surface area contributed by atoms with Gasteiger partial charge in [-0.2, -0.15) is 4.80 Å². The van der Waals surface area contributed by atoms with Gasteiger partial charge < -0.3 is 10.5 Å². The molecule has 0 aliphatic carbocycles. The average Bonchev–Trinajstić information content (AvgIpc) is 2.72. The highest BCUT2D eigenvalue weighted by Gasteiger charge is 2.09. The van der Waals surface area contributed by atoms with Crippen LogP contribution < -0.4 is 10.5 Å². The van der Waals surface area contributed by atoms with E-state index in [-0.39, 0.29) is 18.5 Å². The summed E-state index contributed by atoms with van der Waals surface area (Å²) in [6, 6.07) is 4.23. The molecule has 1 aromatic carbocycles. The third-order valence-corrected chi connectivity index (χ3v) is 2.38. The first-order valence-electron chi connectivity index (χ1n) is 5.47. The van der Waals surface area contributed by atoms with Gasteiger partial charge in [-0.15, -0.1) is 10.2 Å². The molecule has 1 aromatic heterocycles. The van der Waals surface area contributed by atoms with Crippen molar-refractivity contribution in [3.63, 3.8) is 0 Å². The van der Waals surface area contributed by atoms with Crippen LogP contribution in [0.15, 0.2) is 18.2 Å². The third kappa shape index (κ3) is 2.80. The smallest absolute Gasteiger partial charge is 0.212 e. The average molecular weight is 251 g/mol. The number of benzene rings is 1. The Kier molecular flexibility index (Phi) is 3.52. The van der Waals surface area contributed by atoms with Gasteiger partial charge >= 0.3 is 0 Å². The molecule has 2 rings (SSSR count). The minimum Gasteiger partial charge on any atom is -0.485 e. The number of hydrogen-bond donors (Lipinski definition) is 1. The van der Waals surface area contributed by atoms with Gasteiger partial charge in [-0.1, -0.05) is 6.07 Å². The zero-order chi connectivity index (χ0) is 13.1. The molecule has 96 valence electrons. The van der Waals surface area contributed by atoms with Gasteiger partial charge in [0.25, 0.3) is 0 Å². The van der Waals surface area contributed by atoms with Crippen molar-refractivity contribution in [1.82, 2.24) is 20.2 Å². The number of nitrogens with two attached hydrogens (primary N) is 1. The van der Waals surface area contributed by atoms with Crippen LogP contribution in [0.4, 0.5) is 4.39 Å². The van der Waals surface area contributed by atoms with Crippen molar-refractivity contribution >= 4 is 0 Å². The molecule has 0 saturated heterocycles. The molecule has 2 aromatic rings. The second-order valence-electron chi connectivity index (χ2n) is 3.96. The number of halogens is 1. The Balaban J connectivity index is 2.04. The van der Waals surface area contributed by atoms with Gasteiger partial charge in [0.05, 0.1) is 7.05 Å². The van der Waals surface area contributed by atoms with Gasteiger partial charge in [0.15, 0.2) is 6.61 Å². The largest absolute Gasteiger partial charge is 0.485 e. The van der Waals surface area contributed by atoms with E-state index in [1.54, 1.807) is 26.1 Å². The molecular weight excluding hydrogens is 237 g/mol. The summed E-state index contributed by atoms with van der Waals surface area (Å²) in [6.07, 6.45) is 0. The summed E-state index contributed by atoms with van der Waals surface area (Å²) in [6.45, 7) is 1.87. The van der Waals surface area contributed by atoms with Crippen LogP contribution >= 0.6 is 0 Å². The molecule has 0 spiro atoms. The van der Waals surface area contributed by atoms with Crippen molar-refractivity contribution in [1.29, 1.82) is 0 Å². The number of nitrogens with zero attached hydrogens (tertiary/aromatic N) is 4. The summed E-state index contributed by atoms with van der Waals surface area (Å²) in [5.74, 6) is 0.466. The van der Waals surface area contributed by atoms with E-state index in [0.717, 1.165) is 0 Å². The number of tetrazole rings is 1. The zero-order valence-electron chi connectivity index (χ0n) is 10.2. The van der Waals surface area contributed by atoms with Gasteiger partial charge in [-0.05, 0) is 18.2 Å². The molecule has 2 N–H and O–H groups in total. The molecule has 1 atom stereocenters. The van der Waals surface area contributed by atoms with E-state index >= 15 is 0 Å². The van der Waals surface area contributed by atoms with Crippen molar-refractivity contribution in [2.24, 2.45) is 12.8 Å². The van der Waals surface area contributed by atoms with E-state index in [0.29, 0.717) is 17.1 Å². The number of rotatable bonds is 4. The predicted molar refractivity (Wildman–Crippen MR) is 62.1 cm³/mol. The van der Waals surface area contributed by atoms with Gasteiger partial charge in [-0.3, -0.25) is 0 Å². The predicted octanol–water partition coefficient (Wildman–Crippen LogP) is 0.948. The summed E-state index contributed by atoms with van der Waals surface area (Å²) in [7, 11) is 1.66. The first-order chi connectivity index (χ1) is 8.56. The first-order valence-corrected chi connectivity index (χ1v) is 5.47. The fraction of sp³-hybridized carbons (Fsp3) is 0.364. The Bertz CT molecular complexity index is 540. The molecule has 0 unspecified atom stereocenters. The monoisotopic (exact) mass is 251 g/mol. The maximum atomic E-state index is 13.6. The lowest BCUT2D eigenvalue weighted by molar-refractivity contribution is 0.293. The van der Waals surface area contributed by atoms with Crippen LogP contribution in [0.5, 0.6) is 5.75 Å². The van der Waals surface area contributed by atoms with Crippen LogP contribution in [0.1, 0.15) is 24.4 Å². The molecule has 6 nitrogen and oxygen atoms in total. The van der Waals surface area contributed by atoms with E-state index in [4.69, 9.17) is 10.5 Å². The number of hydrogen-bond acceptors (Lipinski definition) is 5. The fourth-order valence-electron chi connectivity index (χ4n) is 1.50. The number of aromatic nitrogens is 4. The second-order valence-corrected chi connectivity index (χ2v) is 3.96. The molecule has 0 fully saturated rings. The Morgan fingerprint density at radius 1 is 1.50 bits per heavy atom. The Morgan fingerprint density at radius 3 is 2.83 bits per heavy atom. The summed E-state index contributed by atoms with van der Waals surface area (Å²) in [5, 5.41) is 11.4. The van der Waals surface area contributed by atoms with Crippen molar-refractivity contribution < 1.29 is 9.13 Å².